The van der Waals surface area contributed by atoms with E-state index in [-0.39, 0.29) is 12.5 Å². The van der Waals surface area contributed by atoms with Gasteiger partial charge in [0.1, 0.15) is 6.54 Å². The molecule has 0 aliphatic heterocycles. The van der Waals surface area contributed by atoms with Crippen LogP contribution in [0.1, 0.15) is 6.42 Å². The summed E-state index contributed by atoms with van der Waals surface area (Å²) in [5.41, 5.74) is 9.27. The number of halogens is 2. The number of hydrogen-bond donors (Lipinski definition) is 2. The summed E-state index contributed by atoms with van der Waals surface area (Å²) in [4.78, 5) is 14.3. The third-order valence-corrected chi connectivity index (χ3v) is 1.51. The number of rotatable bonds is 5. The number of nitrogens with two attached hydrogens (primary N) is 2. The van der Waals surface area contributed by atoms with Gasteiger partial charge in [0.15, 0.2) is 11.5 Å². The van der Waals surface area contributed by atoms with E-state index in [2.05, 4.69) is 9.73 Å². The number of carbonyl (C=O) groups excluding carboxylic acids is 1. The van der Waals surface area contributed by atoms with Crippen LogP contribution in [0.5, 0.6) is 0 Å². The topological polar surface area (TPSA) is 90.7 Å². The Labute approximate surface area is 86.0 Å². The molecule has 0 aromatic rings. The third-order valence-electron chi connectivity index (χ3n) is 0.986. The summed E-state index contributed by atoms with van der Waals surface area (Å²) in [7, 11) is 0. The molecule has 1 atom stereocenters. The second kappa shape index (κ2) is 6.80. The molecule has 0 fully saturated rings. The Hall–Kier alpha value is -0.680. The van der Waals surface area contributed by atoms with Gasteiger partial charge in [0.05, 0.1) is 0 Å². The molecule has 0 saturated heterocycles. The maximum Gasteiger partial charge on any atom is 0.329 e. The fourth-order valence-corrected chi connectivity index (χ4v) is 0.999. The SMILES string of the molecule is NC(N)=NCC(=O)OC(Cl)CCCl. The summed E-state index contributed by atoms with van der Waals surface area (Å²) in [5.74, 6) is -0.428. The third kappa shape index (κ3) is 7.67. The van der Waals surface area contributed by atoms with Crippen molar-refractivity contribution < 1.29 is 9.53 Å². The van der Waals surface area contributed by atoms with E-state index in [1.54, 1.807) is 0 Å². The fourth-order valence-electron chi connectivity index (χ4n) is 0.480. The first kappa shape index (κ1) is 12.3. The summed E-state index contributed by atoms with van der Waals surface area (Å²) in [6.07, 6.45) is 0.386. The molecule has 0 amide bonds. The lowest BCUT2D eigenvalue weighted by Crippen LogP contribution is -2.25. The van der Waals surface area contributed by atoms with Crippen molar-refractivity contribution in [1.29, 1.82) is 0 Å². The maximum absolute atomic E-state index is 10.9. The van der Waals surface area contributed by atoms with Crippen LogP contribution in [0, 0.1) is 0 Å². The van der Waals surface area contributed by atoms with Gasteiger partial charge in [-0.2, -0.15) is 0 Å². The summed E-state index contributed by atoms with van der Waals surface area (Å²) < 4.78 is 4.67. The lowest BCUT2D eigenvalue weighted by atomic mass is 10.5. The molecule has 0 rings (SSSR count). The molecule has 0 aromatic carbocycles. The summed E-state index contributed by atoms with van der Waals surface area (Å²) >= 11 is 10.9. The monoisotopic (exact) mass is 227 g/mol. The molecule has 0 bridgehead atoms. The quantitative estimate of drug-likeness (QED) is 0.300. The minimum absolute atomic E-state index is 0.166. The fraction of sp³-hybridized carbons (Fsp3) is 0.667. The van der Waals surface area contributed by atoms with E-state index < -0.39 is 11.5 Å². The van der Waals surface area contributed by atoms with Gasteiger partial charge in [0, 0.05) is 12.3 Å². The van der Waals surface area contributed by atoms with E-state index >= 15 is 0 Å². The van der Waals surface area contributed by atoms with Gasteiger partial charge >= 0.3 is 5.97 Å². The maximum atomic E-state index is 10.9. The van der Waals surface area contributed by atoms with Crippen molar-refractivity contribution in [2.24, 2.45) is 16.5 Å². The Kier molecular flexibility index (Phi) is 6.44. The van der Waals surface area contributed by atoms with Gasteiger partial charge in [-0.3, -0.25) is 0 Å². The predicted octanol–water partition coefficient (Wildman–Crippen LogP) is -0.00320. The summed E-state index contributed by atoms with van der Waals surface area (Å²) in [6, 6.07) is 0. The van der Waals surface area contributed by atoms with E-state index in [9.17, 15) is 4.79 Å². The van der Waals surface area contributed by atoms with Crippen LogP contribution in [0.4, 0.5) is 0 Å². The molecule has 0 heterocycles. The molecule has 1 unspecified atom stereocenters. The van der Waals surface area contributed by atoms with Crippen LogP contribution >= 0.6 is 23.2 Å². The lowest BCUT2D eigenvalue weighted by molar-refractivity contribution is -0.143. The zero-order valence-corrected chi connectivity index (χ0v) is 8.38. The lowest BCUT2D eigenvalue weighted by Gasteiger charge is -2.07. The van der Waals surface area contributed by atoms with Crippen LogP contribution in [0.15, 0.2) is 4.99 Å². The molecular weight excluding hydrogens is 217 g/mol. The molecule has 76 valence electrons. The van der Waals surface area contributed by atoms with Gasteiger partial charge < -0.3 is 16.2 Å². The van der Waals surface area contributed by atoms with Crippen LogP contribution in [0.2, 0.25) is 0 Å². The average Bonchev–Trinajstić information content (AvgIpc) is 2.01. The number of aliphatic imine (C=N–C) groups is 1. The highest BCUT2D eigenvalue weighted by atomic mass is 35.5. The van der Waals surface area contributed by atoms with Crippen LogP contribution in [-0.2, 0) is 9.53 Å². The second-order valence-electron chi connectivity index (χ2n) is 2.12. The van der Waals surface area contributed by atoms with E-state index in [4.69, 9.17) is 34.7 Å². The molecule has 0 aromatic heterocycles. The molecule has 4 N–H and O–H groups in total. The van der Waals surface area contributed by atoms with Gasteiger partial charge in [-0.1, -0.05) is 11.6 Å². The normalized spacial score (nSPS) is 11.8. The van der Waals surface area contributed by atoms with Crippen molar-refractivity contribution in [1.82, 2.24) is 0 Å². The van der Waals surface area contributed by atoms with E-state index in [0.717, 1.165) is 0 Å². The van der Waals surface area contributed by atoms with Gasteiger partial charge in [0.25, 0.3) is 0 Å². The van der Waals surface area contributed by atoms with Crippen molar-refractivity contribution in [2.75, 3.05) is 12.4 Å². The Morgan fingerprint density at radius 2 is 2.15 bits per heavy atom. The highest BCUT2D eigenvalue weighted by Crippen LogP contribution is 2.05. The predicted molar refractivity (Wildman–Crippen MR) is 51.7 cm³/mol. The molecule has 0 radical (unpaired) electrons. The number of ether oxygens (including phenoxy) is 1. The van der Waals surface area contributed by atoms with Gasteiger partial charge in [-0.25, -0.2) is 9.79 Å². The molecule has 0 saturated carbocycles. The van der Waals surface area contributed by atoms with Crippen LogP contribution in [-0.4, -0.2) is 29.9 Å². The van der Waals surface area contributed by atoms with Crippen molar-refractivity contribution >= 4 is 35.1 Å². The van der Waals surface area contributed by atoms with Gasteiger partial charge in [-0.05, 0) is 0 Å². The van der Waals surface area contributed by atoms with Crippen molar-refractivity contribution in [3.8, 4) is 0 Å². The highest BCUT2D eigenvalue weighted by molar-refractivity contribution is 6.22. The van der Waals surface area contributed by atoms with Crippen LogP contribution in [0.3, 0.4) is 0 Å². The minimum Gasteiger partial charge on any atom is -0.445 e. The Morgan fingerprint density at radius 1 is 1.54 bits per heavy atom. The molecule has 13 heavy (non-hydrogen) atoms. The summed E-state index contributed by atoms with van der Waals surface area (Å²) in [6.45, 7) is -0.228. The minimum atomic E-state index is -0.723. The van der Waals surface area contributed by atoms with E-state index in [1.807, 2.05) is 0 Å². The first-order valence-electron chi connectivity index (χ1n) is 3.51. The Morgan fingerprint density at radius 3 is 2.62 bits per heavy atom. The average molecular weight is 228 g/mol. The first-order chi connectivity index (χ1) is 6.06. The Balaban J connectivity index is 3.68. The van der Waals surface area contributed by atoms with Gasteiger partial charge in [-0.15, -0.1) is 11.6 Å². The molecule has 7 heteroatoms. The second-order valence-corrected chi connectivity index (χ2v) is 2.98. The summed E-state index contributed by atoms with van der Waals surface area (Å²) in [5, 5.41) is 0. The molecule has 0 spiro atoms. The number of hydrogen-bond acceptors (Lipinski definition) is 3. The van der Waals surface area contributed by atoms with Crippen molar-refractivity contribution in [2.45, 2.75) is 12.0 Å². The zero-order chi connectivity index (χ0) is 10.3. The van der Waals surface area contributed by atoms with Crippen LogP contribution in [0.25, 0.3) is 0 Å². The molecule has 0 aliphatic rings. The largest absolute Gasteiger partial charge is 0.445 e. The highest BCUT2D eigenvalue weighted by Gasteiger charge is 2.09. The Bertz CT molecular complexity index is 194. The number of nitrogens with zero attached hydrogens (tertiary/aromatic N) is 1. The van der Waals surface area contributed by atoms with Crippen molar-refractivity contribution in [3.05, 3.63) is 0 Å². The standard InChI is InChI=1S/C6H11Cl2N3O2/c7-2-1-4(8)13-5(12)3-11-6(9)10/h4H,1-3H2,(H4,9,10,11). The number of esters is 1. The first-order valence-corrected chi connectivity index (χ1v) is 4.48. The van der Waals surface area contributed by atoms with Gasteiger partial charge in [0.2, 0.25) is 0 Å². The molecular formula is C6H11Cl2N3O2. The number of alkyl halides is 2. The molecule has 0 aliphatic carbocycles. The van der Waals surface area contributed by atoms with Crippen LogP contribution < -0.4 is 11.5 Å². The number of guanidine groups is 1. The zero-order valence-electron chi connectivity index (χ0n) is 6.87. The molecule has 5 nitrogen and oxygen atoms in total. The number of carbonyl (C=O) groups is 1. The smallest absolute Gasteiger partial charge is 0.329 e. The van der Waals surface area contributed by atoms with E-state index in [1.165, 1.54) is 0 Å². The van der Waals surface area contributed by atoms with E-state index in [0.29, 0.717) is 12.3 Å². The van der Waals surface area contributed by atoms with Crippen molar-refractivity contribution in [3.63, 3.8) is 0 Å².